The molecule has 166 valence electrons. The fourth-order valence-corrected chi connectivity index (χ4v) is 4.02. The van der Waals surface area contributed by atoms with Gasteiger partial charge in [-0.15, -0.1) is 0 Å². The molecule has 3 aromatic rings. The molecule has 0 unspecified atom stereocenters. The molecule has 32 heavy (non-hydrogen) atoms. The van der Waals surface area contributed by atoms with E-state index in [1.807, 2.05) is 47.4 Å². The largest absolute Gasteiger partial charge is 0.469 e. The van der Waals surface area contributed by atoms with Crippen molar-refractivity contribution in [3.05, 3.63) is 54.6 Å². The van der Waals surface area contributed by atoms with Crippen LogP contribution in [-0.2, 0) is 14.3 Å². The molecule has 1 saturated heterocycles. The average Bonchev–Trinajstić information content (AvgIpc) is 3.10. The highest BCUT2D eigenvalue weighted by Crippen LogP contribution is 2.30. The number of hydrogen-bond donors (Lipinski definition) is 0. The number of amides is 1. The number of nitrogens with zero attached hydrogens (tertiary/aromatic N) is 4. The van der Waals surface area contributed by atoms with Crippen LogP contribution in [0.5, 0.6) is 0 Å². The fourth-order valence-electron chi connectivity index (χ4n) is 4.02. The van der Waals surface area contributed by atoms with Crippen molar-refractivity contribution in [3.63, 3.8) is 0 Å². The van der Waals surface area contributed by atoms with Crippen molar-refractivity contribution >= 4 is 28.7 Å². The van der Waals surface area contributed by atoms with E-state index in [4.69, 9.17) is 9.97 Å². The number of benzene rings is 2. The van der Waals surface area contributed by atoms with Crippen molar-refractivity contribution in [1.29, 1.82) is 0 Å². The molecule has 0 N–H and O–H groups in total. The van der Waals surface area contributed by atoms with E-state index in [-0.39, 0.29) is 18.3 Å². The highest BCUT2D eigenvalue weighted by atomic mass is 16.5. The zero-order valence-electron chi connectivity index (χ0n) is 18.4. The van der Waals surface area contributed by atoms with Crippen LogP contribution in [0.4, 0.5) is 5.82 Å². The second kappa shape index (κ2) is 10.2. The number of anilines is 1. The van der Waals surface area contributed by atoms with Crippen molar-refractivity contribution in [2.24, 2.45) is 0 Å². The molecule has 4 rings (SSSR count). The molecule has 1 aromatic heterocycles. The molecule has 1 fully saturated rings. The summed E-state index contributed by atoms with van der Waals surface area (Å²) in [6, 6.07) is 18.0. The summed E-state index contributed by atoms with van der Waals surface area (Å²) in [5.74, 6) is 0.668. The van der Waals surface area contributed by atoms with Crippen LogP contribution in [0.15, 0.2) is 54.6 Å². The summed E-state index contributed by atoms with van der Waals surface area (Å²) < 4.78 is 4.66. The first-order chi connectivity index (χ1) is 15.7. The smallest absolute Gasteiger partial charge is 0.305 e. The molecular formula is C25H28N4O3. The second-order valence-corrected chi connectivity index (χ2v) is 7.90. The van der Waals surface area contributed by atoms with Crippen molar-refractivity contribution in [3.8, 4) is 11.3 Å². The maximum absolute atomic E-state index is 12.7. The van der Waals surface area contributed by atoms with Gasteiger partial charge in [0.15, 0.2) is 5.82 Å². The Morgan fingerprint density at radius 1 is 0.875 bits per heavy atom. The molecule has 7 heteroatoms. The van der Waals surface area contributed by atoms with E-state index in [0.717, 1.165) is 41.1 Å². The van der Waals surface area contributed by atoms with Gasteiger partial charge in [0.05, 0.1) is 18.1 Å². The predicted molar refractivity (Wildman–Crippen MR) is 124 cm³/mol. The minimum atomic E-state index is -0.275. The summed E-state index contributed by atoms with van der Waals surface area (Å²) in [5, 5.41) is 0. The molecule has 1 aliphatic heterocycles. The first-order valence-corrected chi connectivity index (χ1v) is 11.1. The number of rotatable bonds is 6. The molecule has 0 atom stereocenters. The Balaban J connectivity index is 1.53. The van der Waals surface area contributed by atoms with Gasteiger partial charge in [-0.1, -0.05) is 42.5 Å². The van der Waals surface area contributed by atoms with Crippen LogP contribution in [0, 0.1) is 0 Å². The number of aromatic nitrogens is 2. The normalized spacial score (nSPS) is 14.3. The predicted octanol–water partition coefficient (Wildman–Crippen LogP) is 3.68. The van der Waals surface area contributed by atoms with Gasteiger partial charge in [-0.25, -0.2) is 9.97 Å². The third-order valence-electron chi connectivity index (χ3n) is 5.75. The highest BCUT2D eigenvalue weighted by molar-refractivity contribution is 5.83. The zero-order valence-corrected chi connectivity index (χ0v) is 18.4. The summed E-state index contributed by atoms with van der Waals surface area (Å²) in [6.07, 6.45) is 2.00. The highest BCUT2D eigenvalue weighted by Gasteiger charge is 2.23. The number of ether oxygens (including phenoxy) is 1. The number of carbonyl (C=O) groups is 2. The van der Waals surface area contributed by atoms with E-state index in [0.29, 0.717) is 32.5 Å². The number of hydrogen-bond acceptors (Lipinski definition) is 6. The van der Waals surface area contributed by atoms with Crippen LogP contribution in [0.25, 0.3) is 22.3 Å². The maximum atomic E-state index is 12.7. The molecule has 0 bridgehead atoms. The van der Waals surface area contributed by atoms with Gasteiger partial charge in [0, 0.05) is 44.6 Å². The molecule has 1 amide bonds. The molecule has 2 aromatic carbocycles. The van der Waals surface area contributed by atoms with E-state index < -0.39 is 0 Å². The van der Waals surface area contributed by atoms with Gasteiger partial charge in [-0.2, -0.15) is 0 Å². The van der Waals surface area contributed by atoms with Crippen molar-refractivity contribution in [2.45, 2.75) is 25.7 Å². The van der Waals surface area contributed by atoms with Crippen LogP contribution < -0.4 is 4.90 Å². The SMILES string of the molecule is COC(=O)CCCC(=O)N1CCCN(c2nc3ccccc3nc2-c2ccccc2)CC1. The van der Waals surface area contributed by atoms with Crippen LogP contribution in [0.3, 0.4) is 0 Å². The Kier molecular flexibility index (Phi) is 6.94. The van der Waals surface area contributed by atoms with Gasteiger partial charge < -0.3 is 14.5 Å². The Morgan fingerprint density at radius 3 is 2.34 bits per heavy atom. The minimum absolute atomic E-state index is 0.0867. The first kappa shape index (κ1) is 21.7. The third kappa shape index (κ3) is 5.04. The van der Waals surface area contributed by atoms with E-state index in [2.05, 4.69) is 21.8 Å². The van der Waals surface area contributed by atoms with Crippen molar-refractivity contribution < 1.29 is 14.3 Å². The topological polar surface area (TPSA) is 75.6 Å². The monoisotopic (exact) mass is 432 g/mol. The van der Waals surface area contributed by atoms with Gasteiger partial charge in [-0.05, 0) is 25.0 Å². The Labute approximate surface area is 188 Å². The summed E-state index contributed by atoms with van der Waals surface area (Å²) in [5.41, 5.74) is 3.62. The summed E-state index contributed by atoms with van der Waals surface area (Å²) in [7, 11) is 1.37. The van der Waals surface area contributed by atoms with Crippen molar-refractivity contribution in [2.75, 3.05) is 38.2 Å². The molecule has 2 heterocycles. The Hall–Kier alpha value is -3.48. The van der Waals surface area contributed by atoms with Gasteiger partial charge in [0.2, 0.25) is 5.91 Å². The summed E-state index contributed by atoms with van der Waals surface area (Å²) in [6.45, 7) is 2.82. The van der Waals surface area contributed by atoms with E-state index in [1.165, 1.54) is 7.11 Å². The second-order valence-electron chi connectivity index (χ2n) is 7.90. The molecule has 7 nitrogen and oxygen atoms in total. The van der Waals surface area contributed by atoms with Gasteiger partial charge in [0.1, 0.15) is 5.69 Å². The molecule has 0 spiro atoms. The number of esters is 1. The molecule has 0 aliphatic carbocycles. The third-order valence-corrected chi connectivity index (χ3v) is 5.75. The minimum Gasteiger partial charge on any atom is -0.469 e. The van der Waals surface area contributed by atoms with Gasteiger partial charge in [-0.3, -0.25) is 9.59 Å². The Morgan fingerprint density at radius 2 is 1.59 bits per heavy atom. The lowest BCUT2D eigenvalue weighted by atomic mass is 10.1. The van der Waals surface area contributed by atoms with E-state index in [9.17, 15) is 9.59 Å². The van der Waals surface area contributed by atoms with Crippen LogP contribution >= 0.6 is 0 Å². The van der Waals surface area contributed by atoms with Gasteiger partial charge >= 0.3 is 5.97 Å². The van der Waals surface area contributed by atoms with E-state index in [1.54, 1.807) is 0 Å². The number of fused-ring (bicyclic) bond motifs is 1. The van der Waals surface area contributed by atoms with Crippen LogP contribution in [0.1, 0.15) is 25.7 Å². The molecule has 1 aliphatic rings. The number of para-hydroxylation sites is 2. The summed E-state index contributed by atoms with van der Waals surface area (Å²) >= 11 is 0. The summed E-state index contributed by atoms with van der Waals surface area (Å²) in [4.78, 5) is 38.0. The first-order valence-electron chi connectivity index (χ1n) is 11.1. The number of methoxy groups -OCH3 is 1. The average molecular weight is 433 g/mol. The van der Waals surface area contributed by atoms with Gasteiger partial charge in [0.25, 0.3) is 0 Å². The fraction of sp³-hybridized carbons (Fsp3) is 0.360. The lowest BCUT2D eigenvalue weighted by Gasteiger charge is -2.25. The van der Waals surface area contributed by atoms with Crippen LogP contribution in [-0.4, -0.2) is 60.0 Å². The van der Waals surface area contributed by atoms with E-state index >= 15 is 0 Å². The Bertz CT molecular complexity index is 1090. The van der Waals surface area contributed by atoms with Crippen LogP contribution in [0.2, 0.25) is 0 Å². The standard InChI is InChI=1S/C25H28N4O3/c1-32-23(31)14-7-13-22(30)28-15-8-16-29(18-17-28)25-24(19-9-3-2-4-10-19)26-20-11-5-6-12-21(20)27-25/h2-6,9-12H,7-8,13-18H2,1H3. The van der Waals surface area contributed by atoms with Crippen molar-refractivity contribution in [1.82, 2.24) is 14.9 Å². The molecular weight excluding hydrogens is 404 g/mol. The quantitative estimate of drug-likeness (QED) is 0.553. The maximum Gasteiger partial charge on any atom is 0.305 e. The lowest BCUT2D eigenvalue weighted by Crippen LogP contribution is -2.35. The number of carbonyl (C=O) groups excluding carboxylic acids is 2. The zero-order chi connectivity index (χ0) is 22.3. The molecule has 0 radical (unpaired) electrons. The lowest BCUT2D eigenvalue weighted by molar-refractivity contribution is -0.140. The molecule has 0 saturated carbocycles.